The molecular weight excluding hydrogens is 360 g/mol. The summed E-state index contributed by atoms with van der Waals surface area (Å²) < 4.78 is 0.741. The molecule has 3 N–H and O–H groups in total. The number of H-pyrrole nitrogens is 2. The first-order valence-corrected chi connectivity index (χ1v) is 7.05. The molecule has 2 heterocycles. The average Bonchev–Trinajstić information content (AvgIpc) is 2.46. The summed E-state index contributed by atoms with van der Waals surface area (Å²) in [7, 11) is 0. The van der Waals surface area contributed by atoms with E-state index in [-0.39, 0.29) is 16.3 Å². The van der Waals surface area contributed by atoms with Crippen LogP contribution < -0.4 is 16.4 Å². The Morgan fingerprint density at radius 2 is 1.95 bits per heavy atom. The van der Waals surface area contributed by atoms with Crippen molar-refractivity contribution in [2.45, 2.75) is 0 Å². The van der Waals surface area contributed by atoms with Gasteiger partial charge in [0.1, 0.15) is 5.82 Å². The summed E-state index contributed by atoms with van der Waals surface area (Å²) in [6.45, 7) is 0. The van der Waals surface area contributed by atoms with E-state index in [1.54, 1.807) is 30.5 Å². The maximum atomic E-state index is 12.0. The lowest BCUT2D eigenvalue weighted by Crippen LogP contribution is -2.19. The third-order valence-electron chi connectivity index (χ3n) is 2.89. The fourth-order valence-electron chi connectivity index (χ4n) is 1.97. The Bertz CT molecular complexity index is 951. The van der Waals surface area contributed by atoms with Crippen LogP contribution in [0.5, 0.6) is 0 Å². The summed E-state index contributed by atoms with van der Waals surface area (Å²) in [5.74, 6) is 0.395. The summed E-state index contributed by atoms with van der Waals surface area (Å²) in [6.07, 6.45) is 1.58. The number of nitrogens with zero attached hydrogens (tertiary/aromatic N) is 1. The quantitative estimate of drug-likeness (QED) is 0.649. The van der Waals surface area contributed by atoms with Crippen LogP contribution in [0.4, 0.5) is 11.5 Å². The van der Waals surface area contributed by atoms with Crippen molar-refractivity contribution in [3.05, 3.63) is 60.7 Å². The van der Waals surface area contributed by atoms with Crippen LogP contribution in [0, 0.1) is 0 Å². The summed E-state index contributed by atoms with van der Waals surface area (Å²) in [4.78, 5) is 27.8. The molecule has 8 heteroatoms. The van der Waals surface area contributed by atoms with Gasteiger partial charge in [0.25, 0.3) is 11.1 Å². The van der Waals surface area contributed by atoms with E-state index in [4.69, 9.17) is 11.6 Å². The lowest BCUT2D eigenvalue weighted by atomic mass is 10.1. The Balaban J connectivity index is 2.20. The standard InChI is InChI=1S/C13H8BrClN4O2/c14-6-4-8(15)11(16-5-6)17-9-3-1-2-7-10(9)13(21)19-18-12(7)20/h1-5H,(H,16,17)(H,18,20)(H,19,21). The molecular formula is C13H8BrClN4O2. The normalized spacial score (nSPS) is 10.8. The van der Waals surface area contributed by atoms with Crippen LogP contribution in [0.1, 0.15) is 0 Å². The third kappa shape index (κ3) is 2.57. The molecule has 0 unspecified atom stereocenters. The molecule has 0 bridgehead atoms. The van der Waals surface area contributed by atoms with Crippen molar-refractivity contribution in [3.8, 4) is 0 Å². The van der Waals surface area contributed by atoms with Gasteiger partial charge in [-0.2, -0.15) is 0 Å². The number of hydrogen-bond acceptors (Lipinski definition) is 4. The van der Waals surface area contributed by atoms with Gasteiger partial charge in [0.2, 0.25) is 0 Å². The minimum Gasteiger partial charge on any atom is -0.338 e. The highest BCUT2D eigenvalue weighted by Gasteiger charge is 2.10. The van der Waals surface area contributed by atoms with Gasteiger partial charge < -0.3 is 5.32 Å². The van der Waals surface area contributed by atoms with Crippen LogP contribution in [0.25, 0.3) is 10.8 Å². The number of anilines is 2. The average molecular weight is 368 g/mol. The number of pyridine rings is 1. The molecule has 1 aromatic carbocycles. The molecule has 3 aromatic rings. The summed E-state index contributed by atoms with van der Waals surface area (Å²) in [6, 6.07) is 6.60. The third-order valence-corrected chi connectivity index (χ3v) is 3.61. The van der Waals surface area contributed by atoms with Crippen LogP contribution in [0.3, 0.4) is 0 Å². The van der Waals surface area contributed by atoms with Crippen LogP contribution in [-0.4, -0.2) is 15.2 Å². The largest absolute Gasteiger partial charge is 0.338 e. The maximum absolute atomic E-state index is 12.0. The second kappa shape index (κ2) is 5.34. The van der Waals surface area contributed by atoms with E-state index < -0.39 is 5.56 Å². The smallest absolute Gasteiger partial charge is 0.272 e. The van der Waals surface area contributed by atoms with Gasteiger partial charge in [-0.25, -0.2) is 4.98 Å². The van der Waals surface area contributed by atoms with Gasteiger partial charge in [0, 0.05) is 10.7 Å². The predicted molar refractivity (Wildman–Crippen MR) is 85.4 cm³/mol. The number of aromatic nitrogens is 3. The molecule has 6 nitrogen and oxygen atoms in total. The van der Waals surface area contributed by atoms with Gasteiger partial charge in [-0.1, -0.05) is 17.7 Å². The fourth-order valence-corrected chi connectivity index (χ4v) is 2.64. The zero-order chi connectivity index (χ0) is 15.0. The van der Waals surface area contributed by atoms with Crippen molar-refractivity contribution in [3.63, 3.8) is 0 Å². The minimum absolute atomic E-state index is 0.252. The summed E-state index contributed by atoms with van der Waals surface area (Å²) in [5, 5.41) is 8.49. The van der Waals surface area contributed by atoms with E-state index in [0.29, 0.717) is 16.5 Å². The van der Waals surface area contributed by atoms with Crippen molar-refractivity contribution in [1.82, 2.24) is 15.2 Å². The van der Waals surface area contributed by atoms with Gasteiger partial charge in [-0.15, -0.1) is 0 Å². The second-order valence-electron chi connectivity index (χ2n) is 4.25. The predicted octanol–water partition coefficient (Wildman–Crippen LogP) is 2.77. The Kier molecular flexibility index (Phi) is 3.52. The second-order valence-corrected chi connectivity index (χ2v) is 5.57. The monoisotopic (exact) mass is 366 g/mol. The van der Waals surface area contributed by atoms with Crippen molar-refractivity contribution < 1.29 is 0 Å². The lowest BCUT2D eigenvalue weighted by Gasteiger charge is -2.09. The number of nitrogens with one attached hydrogen (secondary N) is 3. The molecule has 0 amide bonds. The molecule has 0 saturated heterocycles. The number of hydrogen-bond donors (Lipinski definition) is 3. The van der Waals surface area contributed by atoms with Crippen molar-refractivity contribution >= 4 is 49.8 Å². The zero-order valence-corrected chi connectivity index (χ0v) is 12.7. The van der Waals surface area contributed by atoms with E-state index in [1.165, 1.54) is 0 Å². The molecule has 0 aliphatic heterocycles. The molecule has 21 heavy (non-hydrogen) atoms. The topological polar surface area (TPSA) is 90.6 Å². The number of rotatable bonds is 2. The highest BCUT2D eigenvalue weighted by atomic mass is 79.9. The Morgan fingerprint density at radius 1 is 1.19 bits per heavy atom. The maximum Gasteiger partial charge on any atom is 0.272 e. The minimum atomic E-state index is -0.402. The number of aromatic amines is 2. The Morgan fingerprint density at radius 3 is 2.71 bits per heavy atom. The van der Waals surface area contributed by atoms with E-state index in [2.05, 4.69) is 36.4 Å². The lowest BCUT2D eigenvalue weighted by molar-refractivity contribution is 0.977. The Labute approximate surface area is 131 Å². The first-order valence-electron chi connectivity index (χ1n) is 5.88. The van der Waals surface area contributed by atoms with E-state index in [1.807, 2.05) is 0 Å². The molecule has 3 rings (SSSR count). The molecule has 0 spiro atoms. The van der Waals surface area contributed by atoms with Gasteiger partial charge in [-0.05, 0) is 34.1 Å². The summed E-state index contributed by atoms with van der Waals surface area (Å²) >= 11 is 9.36. The molecule has 0 radical (unpaired) electrons. The number of fused-ring (bicyclic) bond motifs is 1. The first kappa shape index (κ1) is 13.8. The van der Waals surface area contributed by atoms with Gasteiger partial charge in [0.15, 0.2) is 0 Å². The molecule has 0 fully saturated rings. The van der Waals surface area contributed by atoms with Crippen molar-refractivity contribution in [1.29, 1.82) is 0 Å². The van der Waals surface area contributed by atoms with Crippen molar-refractivity contribution in [2.75, 3.05) is 5.32 Å². The molecule has 0 aliphatic rings. The molecule has 2 aromatic heterocycles. The highest BCUT2D eigenvalue weighted by Crippen LogP contribution is 2.27. The van der Waals surface area contributed by atoms with Crippen LogP contribution in [0.15, 0.2) is 44.5 Å². The van der Waals surface area contributed by atoms with Crippen LogP contribution >= 0.6 is 27.5 Å². The van der Waals surface area contributed by atoms with Crippen LogP contribution in [-0.2, 0) is 0 Å². The van der Waals surface area contributed by atoms with Gasteiger partial charge in [-0.3, -0.25) is 19.8 Å². The summed E-state index contributed by atoms with van der Waals surface area (Å²) in [5.41, 5.74) is -0.319. The SMILES string of the molecule is O=c1[nH][nH]c(=O)c2c(Nc3ncc(Br)cc3Cl)cccc12. The zero-order valence-electron chi connectivity index (χ0n) is 10.4. The van der Waals surface area contributed by atoms with Gasteiger partial charge >= 0.3 is 0 Å². The van der Waals surface area contributed by atoms with E-state index in [9.17, 15) is 9.59 Å². The molecule has 106 valence electrons. The van der Waals surface area contributed by atoms with Gasteiger partial charge in [0.05, 0.1) is 21.5 Å². The first-order chi connectivity index (χ1) is 10.1. The molecule has 0 atom stereocenters. The highest BCUT2D eigenvalue weighted by molar-refractivity contribution is 9.10. The van der Waals surface area contributed by atoms with Crippen molar-refractivity contribution in [2.24, 2.45) is 0 Å². The fraction of sp³-hybridized carbons (Fsp3) is 0. The van der Waals surface area contributed by atoms with E-state index >= 15 is 0 Å². The molecule has 0 aliphatic carbocycles. The number of benzene rings is 1. The number of halogens is 2. The Hall–Kier alpha value is -2.12. The van der Waals surface area contributed by atoms with Crippen LogP contribution in [0.2, 0.25) is 5.02 Å². The van der Waals surface area contributed by atoms with E-state index in [0.717, 1.165) is 4.47 Å². The molecule has 0 saturated carbocycles.